The van der Waals surface area contributed by atoms with Gasteiger partial charge in [0.05, 0.1) is 13.7 Å². The summed E-state index contributed by atoms with van der Waals surface area (Å²) in [7, 11) is 3.16. The predicted molar refractivity (Wildman–Crippen MR) is 59.9 cm³/mol. The number of rotatable bonds is 3. The molecule has 1 fully saturated rings. The van der Waals surface area contributed by atoms with Crippen LogP contribution in [0.4, 0.5) is 0 Å². The van der Waals surface area contributed by atoms with Gasteiger partial charge in [-0.1, -0.05) is 6.08 Å². The summed E-state index contributed by atoms with van der Waals surface area (Å²) >= 11 is 0. The second-order valence-electron chi connectivity index (χ2n) is 3.93. The SMILES string of the molecule is COC(=O)C(C)=CCN1CCN(C)C(=O)C1. The maximum atomic E-state index is 11.4. The molecule has 5 heteroatoms. The van der Waals surface area contributed by atoms with E-state index in [4.69, 9.17) is 0 Å². The monoisotopic (exact) mass is 226 g/mol. The molecule has 0 unspecified atom stereocenters. The van der Waals surface area contributed by atoms with Gasteiger partial charge in [-0.05, 0) is 6.92 Å². The Labute approximate surface area is 95.6 Å². The van der Waals surface area contributed by atoms with Gasteiger partial charge in [0.25, 0.3) is 0 Å². The minimum Gasteiger partial charge on any atom is -0.466 e. The van der Waals surface area contributed by atoms with E-state index in [2.05, 4.69) is 4.74 Å². The summed E-state index contributed by atoms with van der Waals surface area (Å²) in [5.41, 5.74) is 0.578. The topological polar surface area (TPSA) is 49.9 Å². The van der Waals surface area contributed by atoms with E-state index in [1.807, 2.05) is 4.90 Å². The standard InChI is InChI=1S/C11H18N2O3/c1-9(11(15)16-3)4-5-13-7-6-12(2)10(14)8-13/h4H,5-8H2,1-3H3. The summed E-state index contributed by atoms with van der Waals surface area (Å²) in [4.78, 5) is 26.3. The molecule has 0 saturated carbocycles. The fourth-order valence-corrected chi connectivity index (χ4v) is 1.47. The summed E-state index contributed by atoms with van der Waals surface area (Å²) < 4.78 is 4.59. The van der Waals surface area contributed by atoms with Gasteiger partial charge in [-0.2, -0.15) is 0 Å². The van der Waals surface area contributed by atoms with Gasteiger partial charge in [0, 0.05) is 32.3 Å². The van der Waals surface area contributed by atoms with Crippen molar-refractivity contribution < 1.29 is 14.3 Å². The molecule has 0 N–H and O–H groups in total. The quantitative estimate of drug-likeness (QED) is 0.497. The zero-order valence-corrected chi connectivity index (χ0v) is 10.0. The Hall–Kier alpha value is -1.36. The van der Waals surface area contributed by atoms with E-state index < -0.39 is 0 Å². The first-order chi connectivity index (χ1) is 7.54. The fourth-order valence-electron chi connectivity index (χ4n) is 1.47. The number of carbonyl (C=O) groups is 2. The maximum absolute atomic E-state index is 11.4. The molecule has 0 atom stereocenters. The number of hydrogen-bond acceptors (Lipinski definition) is 4. The fraction of sp³-hybridized carbons (Fsp3) is 0.636. The van der Waals surface area contributed by atoms with Crippen molar-refractivity contribution in [3.63, 3.8) is 0 Å². The van der Waals surface area contributed by atoms with Gasteiger partial charge in [0.2, 0.25) is 5.91 Å². The van der Waals surface area contributed by atoms with Crippen molar-refractivity contribution >= 4 is 11.9 Å². The molecule has 0 radical (unpaired) electrons. The third kappa shape index (κ3) is 3.34. The van der Waals surface area contributed by atoms with Crippen molar-refractivity contribution in [3.05, 3.63) is 11.6 Å². The second kappa shape index (κ2) is 5.65. The van der Waals surface area contributed by atoms with Crippen molar-refractivity contribution in [2.45, 2.75) is 6.92 Å². The third-order valence-corrected chi connectivity index (χ3v) is 2.70. The van der Waals surface area contributed by atoms with Crippen molar-refractivity contribution in [2.75, 3.05) is 40.3 Å². The lowest BCUT2D eigenvalue weighted by atomic mass is 10.2. The molecule has 1 aliphatic rings. The van der Waals surface area contributed by atoms with Crippen LogP contribution in [0.25, 0.3) is 0 Å². The van der Waals surface area contributed by atoms with Crippen LogP contribution in [-0.2, 0) is 14.3 Å². The van der Waals surface area contributed by atoms with Gasteiger partial charge >= 0.3 is 5.97 Å². The largest absolute Gasteiger partial charge is 0.466 e. The molecule has 1 aliphatic heterocycles. The van der Waals surface area contributed by atoms with E-state index in [1.54, 1.807) is 24.9 Å². The Bertz CT molecular complexity index is 312. The zero-order valence-electron chi connectivity index (χ0n) is 10.0. The number of carbonyl (C=O) groups excluding carboxylic acids is 2. The van der Waals surface area contributed by atoms with Crippen LogP contribution in [0, 0.1) is 0 Å². The van der Waals surface area contributed by atoms with Crippen LogP contribution in [0.3, 0.4) is 0 Å². The molecule has 0 bridgehead atoms. The molecule has 90 valence electrons. The number of piperazine rings is 1. The van der Waals surface area contributed by atoms with Crippen molar-refractivity contribution in [1.29, 1.82) is 0 Å². The molecule has 0 aromatic carbocycles. The van der Waals surface area contributed by atoms with Gasteiger partial charge in [0.1, 0.15) is 0 Å². The lowest BCUT2D eigenvalue weighted by Crippen LogP contribution is -2.48. The molecular weight excluding hydrogens is 208 g/mol. The molecule has 1 heterocycles. The van der Waals surface area contributed by atoms with Gasteiger partial charge in [-0.3, -0.25) is 9.69 Å². The van der Waals surface area contributed by atoms with Crippen molar-refractivity contribution in [1.82, 2.24) is 9.80 Å². The van der Waals surface area contributed by atoms with Crippen molar-refractivity contribution in [3.8, 4) is 0 Å². The minimum absolute atomic E-state index is 0.121. The smallest absolute Gasteiger partial charge is 0.333 e. The molecule has 1 rings (SSSR count). The average Bonchev–Trinajstić information content (AvgIpc) is 2.29. The highest BCUT2D eigenvalue weighted by Crippen LogP contribution is 2.02. The number of nitrogens with zero attached hydrogens (tertiary/aromatic N) is 2. The Morgan fingerprint density at radius 3 is 2.75 bits per heavy atom. The lowest BCUT2D eigenvalue weighted by molar-refractivity contribution is -0.136. The highest BCUT2D eigenvalue weighted by molar-refractivity contribution is 5.87. The summed E-state index contributed by atoms with van der Waals surface area (Å²) in [6.45, 7) is 4.32. The van der Waals surface area contributed by atoms with E-state index in [-0.39, 0.29) is 11.9 Å². The van der Waals surface area contributed by atoms with Crippen LogP contribution >= 0.6 is 0 Å². The van der Waals surface area contributed by atoms with Crippen LogP contribution in [0.1, 0.15) is 6.92 Å². The van der Waals surface area contributed by atoms with Gasteiger partial charge in [-0.15, -0.1) is 0 Å². The van der Waals surface area contributed by atoms with E-state index in [0.717, 1.165) is 13.1 Å². The summed E-state index contributed by atoms with van der Waals surface area (Å²) in [5, 5.41) is 0. The normalized spacial score (nSPS) is 18.8. The van der Waals surface area contributed by atoms with Gasteiger partial charge < -0.3 is 9.64 Å². The molecule has 0 aromatic rings. The van der Waals surface area contributed by atoms with E-state index in [9.17, 15) is 9.59 Å². The summed E-state index contributed by atoms with van der Waals surface area (Å²) in [5.74, 6) is -0.198. The van der Waals surface area contributed by atoms with Crippen LogP contribution in [0.2, 0.25) is 0 Å². The predicted octanol–water partition coefficient (Wildman–Crippen LogP) is -0.120. The van der Waals surface area contributed by atoms with E-state index >= 15 is 0 Å². The molecule has 1 amide bonds. The van der Waals surface area contributed by atoms with Crippen LogP contribution in [0.5, 0.6) is 0 Å². The second-order valence-corrected chi connectivity index (χ2v) is 3.93. The Morgan fingerprint density at radius 2 is 2.19 bits per heavy atom. The number of esters is 1. The Kier molecular flexibility index (Phi) is 4.49. The molecule has 5 nitrogen and oxygen atoms in total. The number of hydrogen-bond donors (Lipinski definition) is 0. The number of ether oxygens (including phenoxy) is 1. The van der Waals surface area contributed by atoms with Crippen LogP contribution in [-0.4, -0.2) is 62.0 Å². The first-order valence-electron chi connectivity index (χ1n) is 5.26. The first kappa shape index (κ1) is 12.7. The molecule has 16 heavy (non-hydrogen) atoms. The molecule has 0 aromatic heterocycles. The summed E-state index contributed by atoms with van der Waals surface area (Å²) in [6.07, 6.45) is 1.80. The Morgan fingerprint density at radius 1 is 1.50 bits per heavy atom. The maximum Gasteiger partial charge on any atom is 0.333 e. The van der Waals surface area contributed by atoms with E-state index in [0.29, 0.717) is 18.7 Å². The van der Waals surface area contributed by atoms with Gasteiger partial charge in [-0.25, -0.2) is 4.79 Å². The average molecular weight is 226 g/mol. The molecule has 1 saturated heterocycles. The highest BCUT2D eigenvalue weighted by atomic mass is 16.5. The number of methoxy groups -OCH3 is 1. The van der Waals surface area contributed by atoms with E-state index in [1.165, 1.54) is 7.11 Å². The number of amides is 1. The first-order valence-corrected chi connectivity index (χ1v) is 5.26. The van der Waals surface area contributed by atoms with Crippen LogP contribution < -0.4 is 0 Å². The van der Waals surface area contributed by atoms with Crippen molar-refractivity contribution in [2.24, 2.45) is 0 Å². The Balaban J connectivity index is 2.44. The van der Waals surface area contributed by atoms with Crippen LogP contribution in [0.15, 0.2) is 11.6 Å². The third-order valence-electron chi connectivity index (χ3n) is 2.70. The summed E-state index contributed by atoms with van der Waals surface area (Å²) in [6, 6.07) is 0. The van der Waals surface area contributed by atoms with Gasteiger partial charge in [0.15, 0.2) is 0 Å². The minimum atomic E-state index is -0.319. The molecule has 0 aliphatic carbocycles. The highest BCUT2D eigenvalue weighted by Gasteiger charge is 2.19. The molecule has 0 spiro atoms. The number of likely N-dealkylation sites (N-methyl/N-ethyl adjacent to an activating group) is 1. The molecular formula is C11H18N2O3. The zero-order chi connectivity index (χ0) is 12.1. The lowest BCUT2D eigenvalue weighted by Gasteiger charge is -2.31.